The second kappa shape index (κ2) is 5.35. The van der Waals surface area contributed by atoms with Gasteiger partial charge in [0, 0.05) is 11.6 Å². The SMILES string of the molecule is C/C=C(/CC(N)=O)NC(=O)C(C)C. The van der Waals surface area contributed by atoms with Gasteiger partial charge in [-0.25, -0.2) is 0 Å². The standard InChI is InChI=1S/C9H16N2O2/c1-4-7(5-8(10)12)11-9(13)6(2)3/h4,6H,5H2,1-3H3,(H2,10,12)(H,11,13)/b7-4-. The number of carbonyl (C=O) groups excluding carboxylic acids is 2. The van der Waals surface area contributed by atoms with E-state index in [1.165, 1.54) is 0 Å². The predicted octanol–water partition coefficient (Wildman–Crippen LogP) is 0.538. The van der Waals surface area contributed by atoms with Crippen molar-refractivity contribution in [2.75, 3.05) is 0 Å². The van der Waals surface area contributed by atoms with Crippen molar-refractivity contribution in [3.63, 3.8) is 0 Å². The van der Waals surface area contributed by atoms with Crippen LogP contribution in [0.2, 0.25) is 0 Å². The summed E-state index contributed by atoms with van der Waals surface area (Å²) in [6.07, 6.45) is 1.75. The van der Waals surface area contributed by atoms with Crippen molar-refractivity contribution in [1.82, 2.24) is 5.32 Å². The van der Waals surface area contributed by atoms with Crippen LogP contribution in [-0.4, -0.2) is 11.8 Å². The van der Waals surface area contributed by atoms with E-state index in [0.717, 1.165) is 0 Å². The molecule has 0 unspecified atom stereocenters. The molecule has 0 aromatic rings. The maximum atomic E-state index is 11.2. The molecule has 3 N–H and O–H groups in total. The van der Waals surface area contributed by atoms with Crippen LogP contribution < -0.4 is 11.1 Å². The van der Waals surface area contributed by atoms with E-state index >= 15 is 0 Å². The number of nitrogens with two attached hydrogens (primary N) is 1. The molecule has 0 radical (unpaired) electrons. The summed E-state index contributed by atoms with van der Waals surface area (Å²) >= 11 is 0. The molecule has 2 amide bonds. The van der Waals surface area contributed by atoms with Gasteiger partial charge in [0.15, 0.2) is 0 Å². The summed E-state index contributed by atoms with van der Waals surface area (Å²) in [6, 6.07) is 0. The summed E-state index contributed by atoms with van der Waals surface area (Å²) in [5, 5.41) is 2.62. The van der Waals surface area contributed by atoms with Crippen LogP contribution in [0, 0.1) is 5.92 Å². The highest BCUT2D eigenvalue weighted by Crippen LogP contribution is 1.99. The van der Waals surface area contributed by atoms with Crippen molar-refractivity contribution in [3.05, 3.63) is 11.8 Å². The molecule has 0 saturated heterocycles. The fourth-order valence-electron chi connectivity index (χ4n) is 0.709. The second-order valence-corrected chi connectivity index (χ2v) is 3.10. The molecule has 4 heteroatoms. The van der Waals surface area contributed by atoms with E-state index < -0.39 is 5.91 Å². The highest BCUT2D eigenvalue weighted by Gasteiger charge is 2.09. The van der Waals surface area contributed by atoms with Crippen LogP contribution in [0.3, 0.4) is 0 Å². The van der Waals surface area contributed by atoms with Gasteiger partial charge in [0.05, 0.1) is 6.42 Å². The maximum Gasteiger partial charge on any atom is 0.226 e. The number of primary amides is 1. The summed E-state index contributed by atoms with van der Waals surface area (Å²) in [5.74, 6) is -0.644. The predicted molar refractivity (Wildman–Crippen MR) is 50.5 cm³/mol. The normalized spacial score (nSPS) is 11.5. The number of hydrogen-bond acceptors (Lipinski definition) is 2. The zero-order chi connectivity index (χ0) is 10.4. The highest BCUT2D eigenvalue weighted by atomic mass is 16.2. The molecule has 0 rings (SSSR count). The van der Waals surface area contributed by atoms with E-state index in [1.807, 2.05) is 0 Å². The Kier molecular flexibility index (Phi) is 4.80. The number of carbonyl (C=O) groups is 2. The Morgan fingerprint density at radius 1 is 1.46 bits per heavy atom. The Hall–Kier alpha value is -1.32. The molecule has 0 bridgehead atoms. The van der Waals surface area contributed by atoms with Gasteiger partial charge in [-0.05, 0) is 6.92 Å². The first-order valence-corrected chi connectivity index (χ1v) is 4.21. The first-order chi connectivity index (χ1) is 5.97. The zero-order valence-corrected chi connectivity index (χ0v) is 8.26. The topological polar surface area (TPSA) is 72.2 Å². The molecule has 0 aromatic carbocycles. The van der Waals surface area contributed by atoms with Crippen LogP contribution >= 0.6 is 0 Å². The lowest BCUT2D eigenvalue weighted by molar-refractivity contribution is -0.123. The first-order valence-electron chi connectivity index (χ1n) is 4.21. The van der Waals surface area contributed by atoms with Crippen molar-refractivity contribution in [1.29, 1.82) is 0 Å². The third kappa shape index (κ3) is 5.00. The van der Waals surface area contributed by atoms with Gasteiger partial charge in [0.2, 0.25) is 11.8 Å². The summed E-state index contributed by atoms with van der Waals surface area (Å²) in [5.41, 5.74) is 5.55. The molecule has 0 fully saturated rings. The Bertz CT molecular complexity index is 232. The molecule has 0 aliphatic rings. The molecular weight excluding hydrogens is 168 g/mol. The fraction of sp³-hybridized carbons (Fsp3) is 0.556. The van der Waals surface area contributed by atoms with E-state index in [4.69, 9.17) is 5.73 Å². The summed E-state index contributed by atoms with van der Waals surface area (Å²) in [6.45, 7) is 5.32. The third-order valence-corrected chi connectivity index (χ3v) is 1.52. The number of allylic oxidation sites excluding steroid dienone is 1. The number of amides is 2. The van der Waals surface area contributed by atoms with Gasteiger partial charge < -0.3 is 11.1 Å². The van der Waals surface area contributed by atoms with Gasteiger partial charge in [0.25, 0.3) is 0 Å². The molecular formula is C9H16N2O2. The van der Waals surface area contributed by atoms with Crippen LogP contribution in [0.4, 0.5) is 0 Å². The van der Waals surface area contributed by atoms with Gasteiger partial charge >= 0.3 is 0 Å². The van der Waals surface area contributed by atoms with Crippen LogP contribution in [0.5, 0.6) is 0 Å². The smallest absolute Gasteiger partial charge is 0.226 e. The molecule has 0 saturated carbocycles. The Morgan fingerprint density at radius 3 is 2.31 bits per heavy atom. The van der Waals surface area contributed by atoms with Crippen molar-refractivity contribution in [3.8, 4) is 0 Å². The monoisotopic (exact) mass is 184 g/mol. The van der Waals surface area contributed by atoms with Gasteiger partial charge in [-0.15, -0.1) is 0 Å². The zero-order valence-electron chi connectivity index (χ0n) is 8.26. The van der Waals surface area contributed by atoms with Gasteiger partial charge in [-0.3, -0.25) is 9.59 Å². The first kappa shape index (κ1) is 11.7. The average molecular weight is 184 g/mol. The Balaban J connectivity index is 4.15. The number of nitrogens with one attached hydrogen (secondary N) is 1. The van der Waals surface area contributed by atoms with Crippen LogP contribution in [0.1, 0.15) is 27.2 Å². The van der Waals surface area contributed by atoms with E-state index in [1.54, 1.807) is 26.8 Å². The summed E-state index contributed by atoms with van der Waals surface area (Å²) < 4.78 is 0. The lowest BCUT2D eigenvalue weighted by atomic mass is 10.2. The molecule has 74 valence electrons. The Morgan fingerprint density at radius 2 is 2.00 bits per heavy atom. The lowest BCUT2D eigenvalue weighted by Crippen LogP contribution is -2.29. The number of rotatable bonds is 4. The van der Waals surface area contributed by atoms with Crippen molar-refractivity contribution in [2.45, 2.75) is 27.2 Å². The Labute approximate surface area is 78.2 Å². The number of hydrogen-bond donors (Lipinski definition) is 2. The molecule has 13 heavy (non-hydrogen) atoms. The minimum absolute atomic E-state index is 0.0783. The second-order valence-electron chi connectivity index (χ2n) is 3.10. The highest BCUT2D eigenvalue weighted by molar-refractivity contribution is 5.82. The molecule has 0 spiro atoms. The average Bonchev–Trinajstić information content (AvgIpc) is 2.02. The summed E-state index contributed by atoms with van der Waals surface area (Å²) in [4.78, 5) is 21.7. The molecule has 4 nitrogen and oxygen atoms in total. The lowest BCUT2D eigenvalue weighted by Gasteiger charge is -2.09. The van der Waals surface area contributed by atoms with Crippen molar-refractivity contribution >= 4 is 11.8 Å². The summed E-state index contributed by atoms with van der Waals surface area (Å²) in [7, 11) is 0. The van der Waals surface area contributed by atoms with E-state index in [0.29, 0.717) is 5.70 Å². The third-order valence-electron chi connectivity index (χ3n) is 1.52. The van der Waals surface area contributed by atoms with E-state index in [2.05, 4.69) is 5.32 Å². The van der Waals surface area contributed by atoms with Crippen LogP contribution in [0.15, 0.2) is 11.8 Å². The molecule has 0 aliphatic carbocycles. The van der Waals surface area contributed by atoms with Crippen LogP contribution in [0.25, 0.3) is 0 Å². The molecule has 0 aliphatic heterocycles. The van der Waals surface area contributed by atoms with Crippen molar-refractivity contribution in [2.24, 2.45) is 11.7 Å². The molecule has 0 aromatic heterocycles. The van der Waals surface area contributed by atoms with Gasteiger partial charge in [-0.2, -0.15) is 0 Å². The van der Waals surface area contributed by atoms with Gasteiger partial charge in [0.1, 0.15) is 0 Å². The minimum atomic E-state index is -0.447. The fourth-order valence-corrected chi connectivity index (χ4v) is 0.709. The van der Waals surface area contributed by atoms with E-state index in [-0.39, 0.29) is 18.2 Å². The molecule has 0 atom stereocenters. The largest absolute Gasteiger partial charge is 0.369 e. The minimum Gasteiger partial charge on any atom is -0.369 e. The van der Waals surface area contributed by atoms with Gasteiger partial charge in [-0.1, -0.05) is 19.9 Å². The van der Waals surface area contributed by atoms with Crippen molar-refractivity contribution < 1.29 is 9.59 Å². The maximum absolute atomic E-state index is 11.2. The van der Waals surface area contributed by atoms with Crippen LogP contribution in [-0.2, 0) is 9.59 Å². The van der Waals surface area contributed by atoms with E-state index in [9.17, 15) is 9.59 Å². The molecule has 0 heterocycles. The quantitative estimate of drug-likeness (QED) is 0.669.